The summed E-state index contributed by atoms with van der Waals surface area (Å²) in [6, 6.07) is 0. The fourth-order valence-electron chi connectivity index (χ4n) is 0. The molecule has 0 unspecified atom stereocenters. The number of nitriles is 1. The van der Waals surface area contributed by atoms with Gasteiger partial charge in [-0.15, -0.1) is 0 Å². The Labute approximate surface area is 63.4 Å². The Kier molecular flexibility index (Phi) is 14.4. The van der Waals surface area contributed by atoms with Crippen molar-refractivity contribution in [3.63, 3.8) is 0 Å². The van der Waals surface area contributed by atoms with Crippen LogP contribution in [0.5, 0.6) is 0 Å². The van der Waals surface area contributed by atoms with Crippen LogP contribution in [-0.4, -0.2) is 13.3 Å². The average Bonchev–Trinajstić information content (AvgIpc) is 1.27. The summed E-state index contributed by atoms with van der Waals surface area (Å²) in [4.78, 5) is 0. The Morgan fingerprint density at radius 2 is 1.67 bits per heavy atom. The Morgan fingerprint density at radius 1 is 1.67 bits per heavy atom. The van der Waals surface area contributed by atoms with Gasteiger partial charge in [-0.1, -0.05) is 12.6 Å². The van der Waals surface area contributed by atoms with Crippen LogP contribution in [0.2, 0.25) is 0 Å². The molecule has 0 aliphatic heterocycles. The van der Waals surface area contributed by atoms with Crippen LogP contribution in [0.25, 0.3) is 0 Å². The molecule has 0 saturated carbocycles. The van der Waals surface area contributed by atoms with Crippen LogP contribution in [0, 0.1) is 10.7 Å². The molecule has 0 saturated heterocycles. The van der Waals surface area contributed by atoms with Crippen molar-refractivity contribution in [2.75, 3.05) is 0 Å². The summed E-state index contributed by atoms with van der Waals surface area (Å²) in [5, 5.41) is 8.63. The van der Waals surface area contributed by atoms with E-state index < -0.39 is 9.05 Å². The van der Waals surface area contributed by atoms with Gasteiger partial charge in [-0.05, 0) is 0 Å². The second kappa shape index (κ2) is 8.09. The van der Waals surface area contributed by atoms with E-state index in [9.17, 15) is 0 Å². The van der Waals surface area contributed by atoms with Crippen molar-refractivity contribution in [2.45, 2.75) is 0 Å². The zero-order chi connectivity index (χ0) is 7.21. The number of hydrogen-bond acceptors (Lipinski definition) is 5. The molecule has 0 radical (unpaired) electrons. The van der Waals surface area contributed by atoms with E-state index in [-0.39, 0.29) is 6.15 Å². The van der Waals surface area contributed by atoms with Crippen LogP contribution in [0.3, 0.4) is 0 Å². The molecule has 5 N–H and O–H groups in total. The molecule has 0 rings (SSSR count). The summed E-state index contributed by atoms with van der Waals surface area (Å²) in [7, 11) is -3.83. The highest BCUT2D eigenvalue weighted by molar-refractivity contribution is 8.26. The molecule has 0 aliphatic carbocycles. The summed E-state index contributed by atoms with van der Waals surface area (Å²) < 4.78 is 24.0. The van der Waals surface area contributed by atoms with E-state index in [0.29, 0.717) is 0 Å². The molecular formula is CH6N2O3S3. The number of thiol groups is 1. The maximum absolute atomic E-state index is 9.11. The number of rotatable bonds is 0. The smallest absolute Gasteiger partial charge is 0.263 e. The van der Waals surface area contributed by atoms with Crippen LogP contribution < -0.4 is 6.15 Å². The fraction of sp³-hybridized carbons (Fsp3) is 0. The van der Waals surface area contributed by atoms with Gasteiger partial charge in [0.05, 0.1) is 0 Å². The van der Waals surface area contributed by atoms with Gasteiger partial charge >= 0.3 is 0 Å². The van der Waals surface area contributed by atoms with Crippen molar-refractivity contribution in [3.8, 4) is 5.40 Å². The van der Waals surface area contributed by atoms with Gasteiger partial charge in [0.25, 0.3) is 9.05 Å². The molecule has 56 valence electrons. The first-order valence-electron chi connectivity index (χ1n) is 1.15. The summed E-state index contributed by atoms with van der Waals surface area (Å²) in [5.41, 5.74) is 0. The van der Waals surface area contributed by atoms with Gasteiger partial charge < -0.3 is 6.15 Å². The van der Waals surface area contributed by atoms with Crippen molar-refractivity contribution in [2.24, 2.45) is 0 Å². The molecule has 0 spiro atoms. The van der Waals surface area contributed by atoms with Gasteiger partial charge in [0.15, 0.2) is 0 Å². The fourth-order valence-corrected chi connectivity index (χ4v) is 0. The van der Waals surface area contributed by atoms with Crippen LogP contribution in [-0.2, 0) is 20.2 Å². The molecule has 0 aliphatic rings. The third-order valence-corrected chi connectivity index (χ3v) is 0. The van der Waals surface area contributed by atoms with Gasteiger partial charge in [-0.25, -0.2) is 0 Å². The maximum atomic E-state index is 9.11. The Morgan fingerprint density at radius 3 is 1.67 bits per heavy atom. The lowest BCUT2D eigenvalue weighted by Gasteiger charge is -1.73. The minimum atomic E-state index is -3.83. The van der Waals surface area contributed by atoms with Crippen LogP contribution in [0.1, 0.15) is 0 Å². The van der Waals surface area contributed by atoms with Gasteiger partial charge in [0.2, 0.25) is 0 Å². The van der Waals surface area contributed by atoms with E-state index in [1.165, 1.54) is 5.40 Å². The highest BCUT2D eigenvalue weighted by atomic mass is 32.9. The molecule has 0 amide bonds. The number of thiocyanates is 1. The van der Waals surface area contributed by atoms with E-state index in [1.807, 2.05) is 0 Å². The second-order valence-electron chi connectivity index (χ2n) is 0.548. The summed E-state index contributed by atoms with van der Waals surface area (Å²) in [5.74, 6) is 0. The minimum Gasteiger partial charge on any atom is -0.344 e. The van der Waals surface area contributed by atoms with Crippen molar-refractivity contribution >= 4 is 32.9 Å². The third-order valence-electron chi connectivity index (χ3n) is 0. The maximum Gasteiger partial charge on any atom is 0.263 e. The molecule has 5 nitrogen and oxygen atoms in total. The summed E-state index contributed by atoms with van der Waals surface area (Å²) >= 11 is 6.56. The number of nitrogens with zero attached hydrogens (tertiary/aromatic N) is 1. The quantitative estimate of drug-likeness (QED) is 0.321. The lowest BCUT2D eigenvalue weighted by Crippen LogP contribution is -1.86. The van der Waals surface area contributed by atoms with Gasteiger partial charge in [0.1, 0.15) is 5.40 Å². The standard InChI is InChI=1S/CHNS.H3N.H2O3S2/c2-1-3;;1-5(2,3)4/h3H;1H3;(H2,1,2,3,4). The van der Waals surface area contributed by atoms with Crippen molar-refractivity contribution in [3.05, 3.63) is 0 Å². The molecule has 0 aromatic heterocycles. The Bertz CT molecular complexity index is 158. The topological polar surface area (TPSA) is 116 Å². The van der Waals surface area contributed by atoms with Crippen molar-refractivity contribution in [1.29, 1.82) is 5.26 Å². The van der Waals surface area contributed by atoms with Gasteiger partial charge in [-0.3, -0.25) is 9.11 Å². The largest absolute Gasteiger partial charge is 0.344 e. The summed E-state index contributed by atoms with van der Waals surface area (Å²) in [6.07, 6.45) is 0. The third kappa shape index (κ3) is 37000. The predicted octanol–water partition coefficient (Wildman–Crippen LogP) is 0.238. The molecular weight excluding hydrogens is 184 g/mol. The molecule has 9 heavy (non-hydrogen) atoms. The van der Waals surface area contributed by atoms with Crippen molar-refractivity contribution < 1.29 is 13.3 Å². The van der Waals surface area contributed by atoms with E-state index in [0.717, 1.165) is 0 Å². The van der Waals surface area contributed by atoms with E-state index in [2.05, 4.69) is 23.8 Å². The second-order valence-corrected chi connectivity index (χ2v) is 2.95. The zero-order valence-corrected chi connectivity index (χ0v) is 6.75. The molecule has 0 bridgehead atoms. The molecule has 0 aromatic rings. The lowest BCUT2D eigenvalue weighted by molar-refractivity contribution is 0.450. The highest BCUT2D eigenvalue weighted by Gasteiger charge is 1.78. The van der Waals surface area contributed by atoms with Gasteiger partial charge in [0, 0.05) is 11.2 Å². The molecule has 8 heteroatoms. The van der Waals surface area contributed by atoms with E-state index in [1.54, 1.807) is 0 Å². The average molecular weight is 190 g/mol. The van der Waals surface area contributed by atoms with Crippen LogP contribution in [0.15, 0.2) is 0 Å². The summed E-state index contributed by atoms with van der Waals surface area (Å²) in [6.45, 7) is 0. The monoisotopic (exact) mass is 190 g/mol. The minimum absolute atomic E-state index is 0. The number of hydrogen-bond donors (Lipinski definition) is 4. The first-order chi connectivity index (χ1) is 3.41. The molecule has 0 aromatic carbocycles. The Balaban J connectivity index is -0.0000000800. The lowest BCUT2D eigenvalue weighted by atomic mass is 11.8. The van der Waals surface area contributed by atoms with E-state index >= 15 is 0 Å². The predicted molar refractivity (Wildman–Crippen MR) is 40.4 cm³/mol. The molecule has 0 heterocycles. The van der Waals surface area contributed by atoms with E-state index in [4.69, 9.17) is 18.6 Å². The normalized spacial score (nSPS) is 7.33. The highest BCUT2D eigenvalue weighted by Crippen LogP contribution is 1.62. The SMILES string of the molecule is N.N#CS.O=S(O)(O)=S. The molecule has 0 fully saturated rings. The van der Waals surface area contributed by atoms with Crippen LogP contribution >= 0.6 is 12.6 Å². The first-order valence-corrected chi connectivity index (χ1v) is 3.99. The van der Waals surface area contributed by atoms with Gasteiger partial charge in [-0.2, -0.15) is 9.47 Å². The Hall–Kier alpha value is 0.0900. The van der Waals surface area contributed by atoms with Crippen LogP contribution in [0.4, 0.5) is 0 Å². The first kappa shape index (κ1) is 16.0. The zero-order valence-electron chi connectivity index (χ0n) is 4.22. The van der Waals surface area contributed by atoms with Crippen molar-refractivity contribution in [1.82, 2.24) is 6.15 Å². The molecule has 0 atom stereocenters.